The standard InChI is InChI=1S/C14H11N3.C8H7N3.C6H5I.CH2O3.2Cs.H/c1-2-6-12(7-3-1)17-11-10-16-14(17)13-8-4-5-9-15-13;1-2-4-9-7(3-1)8-10-5-6-11-8;7-6-4-2-1-3-5-6;2-1-4-3;;;/h1-11H;1-6H,(H,10,11);1-5H;1,3H;;;/q;;;;2*+1;-1/p-1. The molecular formula is C29H25Cs2IN6O3. The molecule has 41 heavy (non-hydrogen) atoms. The van der Waals surface area contributed by atoms with Gasteiger partial charge in [-0.3, -0.25) is 19.3 Å². The topological polar surface area (TPSA) is 122 Å². The van der Waals surface area contributed by atoms with Crippen LogP contribution in [0.25, 0.3) is 28.7 Å². The first-order valence-electron chi connectivity index (χ1n) is 11.6. The van der Waals surface area contributed by atoms with E-state index in [0.717, 1.165) is 28.7 Å². The third-order valence-corrected chi connectivity index (χ3v) is 5.47. The van der Waals surface area contributed by atoms with Gasteiger partial charge in [0.05, 0.1) is 0 Å². The molecular weight excluding hydrogens is 873 g/mol. The first-order valence-corrected chi connectivity index (χ1v) is 12.6. The van der Waals surface area contributed by atoms with Crippen molar-refractivity contribution >= 4 is 29.1 Å². The molecule has 0 aliphatic carbocycles. The average Bonchev–Trinajstić information content (AvgIpc) is 3.73. The van der Waals surface area contributed by atoms with Crippen LogP contribution in [0.15, 0.2) is 134 Å². The number of pyridine rings is 2. The van der Waals surface area contributed by atoms with E-state index in [0.29, 0.717) is 0 Å². The number of H-pyrrole nitrogens is 1. The zero-order chi connectivity index (χ0) is 27.5. The minimum absolute atomic E-state index is 0. The molecule has 9 nitrogen and oxygen atoms in total. The summed E-state index contributed by atoms with van der Waals surface area (Å²) in [5, 5.41) is 8.43. The maximum absolute atomic E-state index is 8.64. The predicted molar refractivity (Wildman–Crippen MR) is 156 cm³/mol. The van der Waals surface area contributed by atoms with Crippen LogP contribution in [0.5, 0.6) is 0 Å². The minimum atomic E-state index is -0.181. The van der Waals surface area contributed by atoms with Gasteiger partial charge in [-0.05, 0) is 71.1 Å². The smallest absolute Gasteiger partial charge is 1.00 e. The molecule has 0 amide bonds. The van der Waals surface area contributed by atoms with Crippen LogP contribution in [0.4, 0.5) is 0 Å². The van der Waals surface area contributed by atoms with Crippen LogP contribution in [0, 0.1) is 3.57 Å². The second kappa shape index (κ2) is 23.8. The van der Waals surface area contributed by atoms with Crippen LogP contribution in [0.2, 0.25) is 0 Å². The summed E-state index contributed by atoms with van der Waals surface area (Å²) in [5.41, 5.74) is 2.84. The number of hydrogen-bond acceptors (Lipinski definition) is 7. The van der Waals surface area contributed by atoms with E-state index in [4.69, 9.17) is 10.1 Å². The first kappa shape index (κ1) is 38.4. The van der Waals surface area contributed by atoms with Gasteiger partial charge in [0.2, 0.25) is 0 Å². The number of rotatable bonds is 4. The van der Waals surface area contributed by atoms with Crippen molar-refractivity contribution in [1.82, 2.24) is 29.5 Å². The molecule has 12 heteroatoms. The quantitative estimate of drug-likeness (QED) is 0.107. The monoisotopic (exact) mass is 898 g/mol. The molecule has 6 rings (SSSR count). The Labute approximate surface area is 371 Å². The van der Waals surface area contributed by atoms with Crippen molar-refractivity contribution in [1.29, 1.82) is 0 Å². The van der Waals surface area contributed by atoms with Gasteiger partial charge in [-0.1, -0.05) is 48.5 Å². The van der Waals surface area contributed by atoms with Crippen molar-refractivity contribution in [3.63, 3.8) is 0 Å². The van der Waals surface area contributed by atoms with E-state index in [1.54, 1.807) is 31.0 Å². The number of benzene rings is 2. The number of carbonyl (C=O) groups excluding carboxylic acids is 1. The van der Waals surface area contributed by atoms with E-state index in [1.807, 2.05) is 95.7 Å². The molecule has 0 unspecified atom stereocenters. The molecule has 0 aliphatic rings. The van der Waals surface area contributed by atoms with E-state index >= 15 is 0 Å². The molecule has 0 bridgehead atoms. The minimum Gasteiger partial charge on any atom is -1.00 e. The van der Waals surface area contributed by atoms with Crippen molar-refractivity contribution in [3.05, 3.63) is 138 Å². The fourth-order valence-corrected chi connectivity index (χ4v) is 3.52. The van der Waals surface area contributed by atoms with Crippen molar-refractivity contribution in [3.8, 4) is 28.7 Å². The van der Waals surface area contributed by atoms with Crippen molar-refractivity contribution in [2.24, 2.45) is 0 Å². The Morgan fingerprint density at radius 2 is 1.29 bits per heavy atom. The van der Waals surface area contributed by atoms with Crippen molar-refractivity contribution < 1.29 is 154 Å². The first-order chi connectivity index (χ1) is 19.2. The Morgan fingerprint density at radius 3 is 1.76 bits per heavy atom. The van der Waals surface area contributed by atoms with E-state index in [1.165, 1.54) is 3.57 Å². The van der Waals surface area contributed by atoms with Crippen LogP contribution in [0.1, 0.15) is 1.43 Å². The fraction of sp³-hybridized carbons (Fsp3) is 0. The van der Waals surface area contributed by atoms with Crippen LogP contribution < -0.4 is 143 Å². The number of aromatic amines is 1. The SMILES string of the molecule is Ic1ccccc1.O=CO[O-].[Cs+].[Cs+].[H-].c1ccc(-c2ncc[nH]2)nc1.c1ccc(-n2ccnc2-c2ccccn2)cc1. The second-order valence-corrected chi connectivity index (χ2v) is 8.56. The number of aromatic nitrogens is 6. The van der Waals surface area contributed by atoms with Crippen molar-refractivity contribution in [2.45, 2.75) is 0 Å². The van der Waals surface area contributed by atoms with Crippen LogP contribution in [0.3, 0.4) is 0 Å². The molecule has 1 N–H and O–H groups in total. The molecule has 6 aromatic rings. The summed E-state index contributed by atoms with van der Waals surface area (Å²) in [6.07, 6.45) is 10.8. The molecule has 0 saturated carbocycles. The summed E-state index contributed by atoms with van der Waals surface area (Å²) in [6, 6.07) is 31.9. The number of nitrogens with zero attached hydrogens (tertiary/aromatic N) is 5. The Morgan fingerprint density at radius 1 is 0.732 bits per heavy atom. The molecule has 0 aliphatic heterocycles. The predicted octanol–water partition coefficient (Wildman–Crippen LogP) is -0.748. The van der Waals surface area contributed by atoms with Gasteiger partial charge in [-0.25, -0.2) is 9.97 Å². The summed E-state index contributed by atoms with van der Waals surface area (Å²) in [6.45, 7) is -0.181. The van der Waals surface area contributed by atoms with Crippen molar-refractivity contribution in [2.75, 3.05) is 0 Å². The Bertz CT molecular complexity index is 1420. The normalized spacial score (nSPS) is 8.93. The van der Waals surface area contributed by atoms with Gasteiger partial charge in [0.25, 0.3) is 6.47 Å². The number of hydrogen-bond donors (Lipinski definition) is 1. The largest absolute Gasteiger partial charge is 1.00 e. The van der Waals surface area contributed by atoms with Gasteiger partial charge >= 0.3 is 138 Å². The maximum atomic E-state index is 8.64. The zero-order valence-electron chi connectivity index (χ0n) is 23.6. The third-order valence-electron chi connectivity index (χ3n) is 4.75. The van der Waals surface area contributed by atoms with Crippen LogP contribution in [-0.4, -0.2) is 36.0 Å². The van der Waals surface area contributed by atoms with E-state index in [9.17, 15) is 0 Å². The number of halogens is 1. The molecule has 4 heterocycles. The molecule has 198 valence electrons. The maximum Gasteiger partial charge on any atom is 1.00 e. The third kappa shape index (κ3) is 14.6. The summed E-state index contributed by atoms with van der Waals surface area (Å²) < 4.78 is 3.32. The Balaban J connectivity index is 0.000000585. The molecule has 0 spiro atoms. The van der Waals surface area contributed by atoms with Gasteiger partial charge in [-0.15, -0.1) is 0 Å². The summed E-state index contributed by atoms with van der Waals surface area (Å²) in [7, 11) is 0. The van der Waals surface area contributed by atoms with Crippen LogP contribution in [-0.2, 0) is 9.68 Å². The number of imidazole rings is 2. The van der Waals surface area contributed by atoms with Crippen LogP contribution >= 0.6 is 22.6 Å². The number of para-hydroxylation sites is 1. The number of carbonyl (C=O) groups is 1. The second-order valence-electron chi connectivity index (χ2n) is 7.31. The fourth-order valence-electron chi connectivity index (χ4n) is 3.11. The molecule has 4 aromatic heterocycles. The molecule has 2 aromatic carbocycles. The van der Waals surface area contributed by atoms with Gasteiger partial charge < -0.3 is 16.6 Å². The van der Waals surface area contributed by atoms with Gasteiger partial charge in [0, 0.05) is 46.4 Å². The summed E-state index contributed by atoms with van der Waals surface area (Å²) in [4.78, 5) is 31.1. The summed E-state index contributed by atoms with van der Waals surface area (Å²) >= 11 is 2.28. The average molecular weight is 898 g/mol. The molecule has 0 fully saturated rings. The van der Waals surface area contributed by atoms with Gasteiger partial charge in [0.1, 0.15) is 11.4 Å². The number of nitrogens with one attached hydrogen (secondary N) is 1. The summed E-state index contributed by atoms with van der Waals surface area (Å²) in [5.74, 6) is 1.67. The van der Waals surface area contributed by atoms with Gasteiger partial charge in [-0.2, -0.15) is 0 Å². The molecule has 0 radical (unpaired) electrons. The molecule has 0 saturated heterocycles. The molecule has 0 atom stereocenters. The van der Waals surface area contributed by atoms with E-state index < -0.39 is 0 Å². The van der Waals surface area contributed by atoms with E-state index in [-0.39, 0.29) is 146 Å². The van der Waals surface area contributed by atoms with E-state index in [2.05, 4.69) is 64.5 Å². The Kier molecular flexibility index (Phi) is 22.3. The Hall–Kier alpha value is -0.576. The van der Waals surface area contributed by atoms with Gasteiger partial charge in [0.15, 0.2) is 11.6 Å². The zero-order valence-corrected chi connectivity index (χ0v) is 37.3.